The van der Waals surface area contributed by atoms with E-state index in [1.54, 1.807) is 61.5 Å². The van der Waals surface area contributed by atoms with E-state index < -0.39 is 28.5 Å². The van der Waals surface area contributed by atoms with E-state index in [2.05, 4.69) is 5.32 Å². The van der Waals surface area contributed by atoms with Gasteiger partial charge >= 0.3 is 0 Å². The number of carbonyl (C=O) groups is 2. The molecule has 0 spiro atoms. The average molecular weight is 645 g/mol. The lowest BCUT2D eigenvalue weighted by atomic mass is 9.95. The topological polar surface area (TPSA) is 86.8 Å². The van der Waals surface area contributed by atoms with Gasteiger partial charge in [0.25, 0.3) is 10.0 Å². The zero-order valence-corrected chi connectivity index (χ0v) is 27.2. The Kier molecular flexibility index (Phi) is 11.2. The van der Waals surface area contributed by atoms with Crippen LogP contribution in [-0.4, -0.2) is 43.8 Å². The van der Waals surface area contributed by atoms with E-state index in [9.17, 15) is 18.0 Å². The quantitative estimate of drug-likeness (QED) is 0.242. The van der Waals surface area contributed by atoms with E-state index in [4.69, 9.17) is 23.2 Å². The molecule has 1 aliphatic carbocycles. The Bertz CT molecular complexity index is 1520. The molecule has 2 amide bonds. The van der Waals surface area contributed by atoms with Crippen LogP contribution in [0.25, 0.3) is 0 Å². The van der Waals surface area contributed by atoms with E-state index in [-0.39, 0.29) is 23.4 Å². The molecule has 0 radical (unpaired) electrons. The fourth-order valence-corrected chi connectivity index (χ4v) is 7.23. The molecule has 1 aliphatic rings. The molecule has 3 aromatic rings. The molecule has 0 aromatic heterocycles. The number of amides is 2. The van der Waals surface area contributed by atoms with Gasteiger partial charge in [-0.25, -0.2) is 8.42 Å². The molecule has 7 nitrogen and oxygen atoms in total. The molecule has 0 heterocycles. The third-order valence-electron chi connectivity index (χ3n) is 8.00. The number of anilines is 1. The third kappa shape index (κ3) is 8.11. The van der Waals surface area contributed by atoms with Crippen molar-refractivity contribution in [3.63, 3.8) is 0 Å². The summed E-state index contributed by atoms with van der Waals surface area (Å²) in [6, 6.07) is 17.8. The summed E-state index contributed by atoms with van der Waals surface area (Å²) in [7, 11) is -4.18. The Hall–Kier alpha value is -3.07. The second kappa shape index (κ2) is 14.6. The van der Waals surface area contributed by atoms with Crippen molar-refractivity contribution in [2.75, 3.05) is 10.8 Å². The first-order valence-corrected chi connectivity index (χ1v) is 16.9. The maximum Gasteiger partial charge on any atom is 0.264 e. The smallest absolute Gasteiger partial charge is 0.264 e. The maximum atomic E-state index is 14.3. The van der Waals surface area contributed by atoms with Crippen LogP contribution in [0, 0.1) is 13.8 Å². The number of nitrogens with one attached hydrogen (secondary N) is 1. The molecule has 0 saturated heterocycles. The highest BCUT2D eigenvalue weighted by molar-refractivity contribution is 7.92. The minimum Gasteiger partial charge on any atom is -0.352 e. The van der Waals surface area contributed by atoms with Crippen molar-refractivity contribution in [2.45, 2.75) is 82.8 Å². The summed E-state index contributed by atoms with van der Waals surface area (Å²) in [5.41, 5.74) is 2.50. The third-order valence-corrected chi connectivity index (χ3v) is 10.4. The molecule has 0 aliphatic heterocycles. The van der Waals surface area contributed by atoms with Crippen LogP contribution in [0.4, 0.5) is 5.69 Å². The standard InChI is InChI=1S/C33H39Cl2N3O4S/c1-4-30(33(40)36-27-9-6-5-7-10-27)37(21-25-15-17-26(34)18-16-25)32(39)22-38(31-12-8-11-29(35)24(31)3)43(41,42)28-19-13-23(2)14-20-28/h8,11-20,27,30H,4-7,9-10,21-22H2,1-3H3,(H,36,40)/t30-/m1/s1. The molecule has 1 N–H and O–H groups in total. The molecular weight excluding hydrogens is 605 g/mol. The number of nitrogens with zero attached hydrogens (tertiary/aromatic N) is 2. The lowest BCUT2D eigenvalue weighted by Crippen LogP contribution is -2.54. The first kappa shape index (κ1) is 32.8. The SMILES string of the molecule is CC[C@H](C(=O)NC1CCCCC1)N(Cc1ccc(Cl)cc1)C(=O)CN(c1cccc(Cl)c1C)S(=O)(=O)c1ccc(C)cc1. The van der Waals surface area contributed by atoms with Crippen LogP contribution < -0.4 is 9.62 Å². The summed E-state index contributed by atoms with van der Waals surface area (Å²) < 4.78 is 29.3. The van der Waals surface area contributed by atoms with Gasteiger partial charge in [-0.3, -0.25) is 13.9 Å². The minimum absolute atomic E-state index is 0.0524. The minimum atomic E-state index is -4.18. The van der Waals surface area contributed by atoms with Crippen molar-refractivity contribution >= 4 is 50.7 Å². The van der Waals surface area contributed by atoms with Crippen LogP contribution >= 0.6 is 23.2 Å². The monoisotopic (exact) mass is 643 g/mol. The van der Waals surface area contributed by atoms with Crippen molar-refractivity contribution in [1.82, 2.24) is 10.2 Å². The van der Waals surface area contributed by atoms with Gasteiger partial charge in [0.1, 0.15) is 12.6 Å². The van der Waals surface area contributed by atoms with Crippen LogP contribution in [0.2, 0.25) is 10.0 Å². The normalized spacial score (nSPS) is 14.6. The number of carbonyl (C=O) groups excluding carboxylic acids is 2. The van der Waals surface area contributed by atoms with Gasteiger partial charge < -0.3 is 10.2 Å². The summed E-state index contributed by atoms with van der Waals surface area (Å²) in [5.74, 6) is -0.737. The van der Waals surface area contributed by atoms with E-state index in [0.29, 0.717) is 27.7 Å². The summed E-state index contributed by atoms with van der Waals surface area (Å²) >= 11 is 12.5. The molecule has 0 unspecified atom stereocenters. The summed E-state index contributed by atoms with van der Waals surface area (Å²) in [5, 5.41) is 4.09. The number of benzene rings is 3. The van der Waals surface area contributed by atoms with Crippen molar-refractivity contribution in [3.05, 3.63) is 93.5 Å². The molecule has 230 valence electrons. The molecule has 4 rings (SSSR count). The van der Waals surface area contributed by atoms with Gasteiger partial charge in [0.05, 0.1) is 10.6 Å². The highest BCUT2D eigenvalue weighted by Crippen LogP contribution is 2.31. The highest BCUT2D eigenvalue weighted by atomic mass is 35.5. The van der Waals surface area contributed by atoms with Gasteiger partial charge in [0.15, 0.2) is 0 Å². The summed E-state index contributed by atoms with van der Waals surface area (Å²) in [6.07, 6.45) is 5.44. The largest absolute Gasteiger partial charge is 0.352 e. The number of hydrogen-bond donors (Lipinski definition) is 1. The van der Waals surface area contributed by atoms with Crippen LogP contribution in [-0.2, 0) is 26.2 Å². The van der Waals surface area contributed by atoms with Gasteiger partial charge in [-0.1, -0.05) is 85.3 Å². The Labute approximate surface area is 265 Å². The number of aryl methyl sites for hydroxylation is 1. The zero-order chi connectivity index (χ0) is 31.1. The lowest BCUT2D eigenvalue weighted by Gasteiger charge is -2.34. The fourth-order valence-electron chi connectivity index (χ4n) is 5.47. The Morgan fingerprint density at radius 1 is 0.930 bits per heavy atom. The number of rotatable bonds is 11. The number of halogens is 2. The van der Waals surface area contributed by atoms with Crippen LogP contribution in [0.5, 0.6) is 0 Å². The predicted octanol–water partition coefficient (Wildman–Crippen LogP) is 7.06. The van der Waals surface area contributed by atoms with E-state index in [1.807, 2.05) is 13.8 Å². The Morgan fingerprint density at radius 3 is 2.21 bits per heavy atom. The molecule has 43 heavy (non-hydrogen) atoms. The first-order valence-electron chi connectivity index (χ1n) is 14.7. The molecule has 1 fully saturated rings. The molecule has 1 saturated carbocycles. The predicted molar refractivity (Wildman–Crippen MR) is 173 cm³/mol. The molecular formula is C33H39Cl2N3O4S. The maximum absolute atomic E-state index is 14.3. The van der Waals surface area contributed by atoms with E-state index >= 15 is 0 Å². The van der Waals surface area contributed by atoms with E-state index in [1.165, 1.54) is 17.0 Å². The first-order chi connectivity index (χ1) is 20.5. The van der Waals surface area contributed by atoms with E-state index in [0.717, 1.165) is 47.5 Å². The molecule has 3 aromatic carbocycles. The highest BCUT2D eigenvalue weighted by Gasteiger charge is 2.35. The van der Waals surface area contributed by atoms with Crippen LogP contribution in [0.3, 0.4) is 0 Å². The van der Waals surface area contributed by atoms with Gasteiger partial charge in [0.2, 0.25) is 11.8 Å². The molecule has 0 bridgehead atoms. The Morgan fingerprint density at radius 2 is 1.58 bits per heavy atom. The number of hydrogen-bond acceptors (Lipinski definition) is 4. The lowest BCUT2D eigenvalue weighted by molar-refractivity contribution is -0.140. The van der Waals surface area contributed by atoms with Gasteiger partial charge in [-0.2, -0.15) is 0 Å². The van der Waals surface area contributed by atoms with Gasteiger partial charge in [-0.15, -0.1) is 0 Å². The second-order valence-electron chi connectivity index (χ2n) is 11.1. The van der Waals surface area contributed by atoms with Gasteiger partial charge in [0, 0.05) is 22.6 Å². The van der Waals surface area contributed by atoms with Gasteiger partial charge in [-0.05, 0) is 80.6 Å². The number of sulfonamides is 1. The average Bonchev–Trinajstić information content (AvgIpc) is 2.99. The summed E-state index contributed by atoms with van der Waals surface area (Å²) in [6.45, 7) is 5.04. The second-order valence-corrected chi connectivity index (χ2v) is 13.8. The molecule has 1 atom stereocenters. The molecule has 10 heteroatoms. The van der Waals surface area contributed by atoms with Crippen LogP contribution in [0.15, 0.2) is 71.6 Å². The van der Waals surface area contributed by atoms with Crippen molar-refractivity contribution in [2.24, 2.45) is 0 Å². The van der Waals surface area contributed by atoms with Crippen molar-refractivity contribution in [3.8, 4) is 0 Å². The summed E-state index contributed by atoms with van der Waals surface area (Å²) in [4.78, 5) is 29.5. The zero-order valence-electron chi connectivity index (χ0n) is 24.9. The Balaban J connectivity index is 1.73. The van der Waals surface area contributed by atoms with Crippen LogP contribution in [0.1, 0.15) is 62.1 Å². The van der Waals surface area contributed by atoms with Crippen molar-refractivity contribution in [1.29, 1.82) is 0 Å². The van der Waals surface area contributed by atoms with Crippen molar-refractivity contribution < 1.29 is 18.0 Å². The fraction of sp³-hybridized carbons (Fsp3) is 0.394.